The van der Waals surface area contributed by atoms with Crippen LogP contribution in [0.4, 0.5) is 5.69 Å². The molecule has 0 saturated heterocycles. The van der Waals surface area contributed by atoms with Crippen LogP contribution >= 0.6 is 0 Å². The van der Waals surface area contributed by atoms with Gasteiger partial charge in [-0.25, -0.2) is 0 Å². The number of H-pyrrole nitrogens is 1. The van der Waals surface area contributed by atoms with Gasteiger partial charge < -0.3 is 15.4 Å². The second-order valence-corrected chi connectivity index (χ2v) is 5.54. The summed E-state index contributed by atoms with van der Waals surface area (Å²) in [4.78, 5) is 27.1. The summed E-state index contributed by atoms with van der Waals surface area (Å²) in [5.74, 6) is -1.04. The van der Waals surface area contributed by atoms with E-state index in [1.165, 1.54) is 10.9 Å². The van der Waals surface area contributed by atoms with Gasteiger partial charge in [-0.15, -0.1) is 0 Å². The van der Waals surface area contributed by atoms with Crippen LogP contribution in [0.5, 0.6) is 5.75 Å². The molecule has 118 valence electrons. The molecule has 0 saturated carbocycles. The Kier molecular flexibility index (Phi) is 3.40. The first-order valence-corrected chi connectivity index (χ1v) is 7.03. The molecule has 0 aliphatic carbocycles. The van der Waals surface area contributed by atoms with Crippen molar-refractivity contribution in [1.29, 1.82) is 0 Å². The van der Waals surface area contributed by atoms with Gasteiger partial charge in [0.15, 0.2) is 0 Å². The summed E-state index contributed by atoms with van der Waals surface area (Å²) in [6.07, 6.45) is 1.40. The number of carbonyl (C=O) groups excluding carboxylic acids is 1. The summed E-state index contributed by atoms with van der Waals surface area (Å²) in [5, 5.41) is 17.2. The van der Waals surface area contributed by atoms with E-state index in [9.17, 15) is 14.7 Å². The Morgan fingerprint density at radius 3 is 2.57 bits per heavy atom. The fraction of sp³-hybridized carbons (Fsp3) is 0.188. The van der Waals surface area contributed by atoms with E-state index in [0.717, 1.165) is 11.1 Å². The van der Waals surface area contributed by atoms with E-state index in [2.05, 4.69) is 15.4 Å². The van der Waals surface area contributed by atoms with Crippen LogP contribution in [0.25, 0.3) is 11.0 Å². The Labute approximate surface area is 131 Å². The molecule has 3 N–H and O–H groups in total. The van der Waals surface area contributed by atoms with Crippen LogP contribution in [0.15, 0.2) is 29.2 Å². The predicted molar refractivity (Wildman–Crippen MR) is 86.9 cm³/mol. The first kappa shape index (κ1) is 14.8. The third-order valence-corrected chi connectivity index (χ3v) is 3.60. The molecule has 0 bridgehead atoms. The molecule has 2 aromatic heterocycles. The van der Waals surface area contributed by atoms with Gasteiger partial charge in [-0.1, -0.05) is 6.07 Å². The number of nitrogens with one attached hydrogen (secondary N) is 2. The molecule has 1 amide bonds. The van der Waals surface area contributed by atoms with Crippen LogP contribution in [-0.4, -0.2) is 25.8 Å². The first-order valence-electron chi connectivity index (χ1n) is 7.03. The van der Waals surface area contributed by atoms with Gasteiger partial charge in [0, 0.05) is 12.7 Å². The van der Waals surface area contributed by atoms with Crippen LogP contribution in [0.1, 0.15) is 21.5 Å². The van der Waals surface area contributed by atoms with Gasteiger partial charge in [-0.2, -0.15) is 5.10 Å². The number of aromatic amines is 1. The molecule has 0 radical (unpaired) electrons. The molecule has 7 heteroatoms. The number of aryl methyl sites for hydroxylation is 3. The van der Waals surface area contributed by atoms with Crippen molar-refractivity contribution >= 4 is 22.6 Å². The maximum Gasteiger partial charge on any atom is 0.266 e. The average Bonchev–Trinajstić information content (AvgIpc) is 2.79. The molecule has 1 aromatic carbocycles. The zero-order valence-corrected chi connectivity index (χ0v) is 13.0. The Balaban J connectivity index is 2.05. The number of hydrogen-bond acceptors (Lipinski definition) is 4. The Morgan fingerprint density at radius 1 is 1.26 bits per heavy atom. The highest BCUT2D eigenvalue weighted by molar-refractivity contribution is 6.08. The van der Waals surface area contributed by atoms with Crippen molar-refractivity contribution < 1.29 is 9.90 Å². The quantitative estimate of drug-likeness (QED) is 0.672. The van der Waals surface area contributed by atoms with Crippen molar-refractivity contribution in [3.63, 3.8) is 0 Å². The SMILES string of the molecule is Cc1cc(C)cc(NC(=O)c2c(O)c3cnn(C)c3[nH]c2=O)c1. The molecule has 0 unspecified atom stereocenters. The zero-order valence-electron chi connectivity index (χ0n) is 13.0. The largest absolute Gasteiger partial charge is 0.506 e. The zero-order chi connectivity index (χ0) is 16.7. The van der Waals surface area contributed by atoms with E-state index < -0.39 is 11.5 Å². The van der Waals surface area contributed by atoms with Gasteiger partial charge in [-0.05, 0) is 37.1 Å². The number of fused-ring (bicyclic) bond motifs is 1. The molecule has 0 fully saturated rings. The Morgan fingerprint density at radius 2 is 1.91 bits per heavy atom. The van der Waals surface area contributed by atoms with Crippen LogP contribution in [0.3, 0.4) is 0 Å². The van der Waals surface area contributed by atoms with Crippen LogP contribution in [-0.2, 0) is 7.05 Å². The van der Waals surface area contributed by atoms with Crippen molar-refractivity contribution in [3.05, 3.63) is 51.4 Å². The third-order valence-electron chi connectivity index (χ3n) is 3.60. The van der Waals surface area contributed by atoms with E-state index in [1.54, 1.807) is 19.2 Å². The number of carbonyl (C=O) groups is 1. The van der Waals surface area contributed by atoms with Crippen molar-refractivity contribution in [2.24, 2.45) is 7.05 Å². The lowest BCUT2D eigenvalue weighted by atomic mass is 10.1. The van der Waals surface area contributed by atoms with E-state index in [4.69, 9.17) is 0 Å². The monoisotopic (exact) mass is 312 g/mol. The molecule has 0 aliphatic heterocycles. The van der Waals surface area contributed by atoms with Crippen LogP contribution in [0.2, 0.25) is 0 Å². The van der Waals surface area contributed by atoms with Gasteiger partial charge in [0.1, 0.15) is 17.0 Å². The van der Waals surface area contributed by atoms with Crippen LogP contribution < -0.4 is 10.9 Å². The number of aromatic hydroxyl groups is 1. The number of amides is 1. The maximum absolute atomic E-state index is 12.4. The summed E-state index contributed by atoms with van der Waals surface area (Å²) in [7, 11) is 1.63. The summed E-state index contributed by atoms with van der Waals surface area (Å²) in [6, 6.07) is 5.55. The molecule has 3 rings (SSSR count). The van der Waals surface area contributed by atoms with Crippen LogP contribution in [0, 0.1) is 13.8 Å². The van der Waals surface area contributed by atoms with Gasteiger partial charge in [0.25, 0.3) is 11.5 Å². The minimum absolute atomic E-state index is 0.317. The number of aromatic nitrogens is 3. The first-order chi connectivity index (χ1) is 10.9. The van der Waals surface area contributed by atoms with E-state index >= 15 is 0 Å². The number of pyridine rings is 1. The lowest BCUT2D eigenvalue weighted by molar-refractivity contribution is 0.102. The molecule has 23 heavy (non-hydrogen) atoms. The van der Waals surface area contributed by atoms with E-state index in [-0.39, 0.29) is 11.3 Å². The van der Waals surface area contributed by atoms with Crippen molar-refractivity contribution in [2.45, 2.75) is 13.8 Å². The third kappa shape index (κ3) is 2.57. The Bertz CT molecular complexity index is 965. The molecule has 3 aromatic rings. The molecular weight excluding hydrogens is 296 g/mol. The molecule has 7 nitrogen and oxygen atoms in total. The lowest BCUT2D eigenvalue weighted by Gasteiger charge is -2.09. The van der Waals surface area contributed by atoms with Gasteiger partial charge >= 0.3 is 0 Å². The maximum atomic E-state index is 12.4. The summed E-state index contributed by atoms with van der Waals surface area (Å²) >= 11 is 0. The smallest absolute Gasteiger partial charge is 0.266 e. The van der Waals surface area contributed by atoms with Crippen molar-refractivity contribution in [3.8, 4) is 5.75 Å². The highest BCUT2D eigenvalue weighted by atomic mass is 16.3. The molecule has 0 aliphatic rings. The fourth-order valence-corrected chi connectivity index (χ4v) is 2.62. The summed E-state index contributed by atoms with van der Waals surface area (Å²) in [6.45, 7) is 3.82. The number of rotatable bonds is 2. The molecule has 2 heterocycles. The molecule has 0 atom stereocenters. The molecular formula is C16H16N4O3. The second-order valence-electron chi connectivity index (χ2n) is 5.54. The second kappa shape index (κ2) is 5.28. The van der Waals surface area contributed by atoms with E-state index in [0.29, 0.717) is 16.7 Å². The predicted octanol–water partition coefficient (Wildman–Crippen LogP) is 1.84. The minimum Gasteiger partial charge on any atom is -0.506 e. The number of hydrogen-bond donors (Lipinski definition) is 3. The van der Waals surface area contributed by atoms with Gasteiger partial charge in [0.05, 0.1) is 11.6 Å². The standard InChI is InChI=1S/C16H16N4O3/c1-8-4-9(2)6-10(5-8)18-15(22)12-13(21)11-7-17-20(3)14(11)19-16(12)23/h4-7H,1-3H3,(H,18,22)(H2,19,21,23). The normalized spacial score (nSPS) is 10.9. The van der Waals surface area contributed by atoms with Crippen molar-refractivity contribution in [2.75, 3.05) is 5.32 Å². The van der Waals surface area contributed by atoms with E-state index in [1.807, 2.05) is 19.9 Å². The number of anilines is 1. The summed E-state index contributed by atoms with van der Waals surface area (Å²) in [5.41, 5.74) is 1.90. The Hall–Kier alpha value is -3.09. The fourth-order valence-electron chi connectivity index (χ4n) is 2.62. The van der Waals surface area contributed by atoms with Gasteiger partial charge in [-0.3, -0.25) is 14.3 Å². The minimum atomic E-state index is -0.667. The average molecular weight is 312 g/mol. The number of nitrogens with zero attached hydrogens (tertiary/aromatic N) is 2. The highest BCUT2D eigenvalue weighted by Crippen LogP contribution is 2.25. The molecule has 0 spiro atoms. The number of benzene rings is 1. The topological polar surface area (TPSA) is 100 Å². The summed E-state index contributed by atoms with van der Waals surface area (Å²) < 4.78 is 1.42. The lowest BCUT2D eigenvalue weighted by Crippen LogP contribution is -2.23. The van der Waals surface area contributed by atoms with Crippen molar-refractivity contribution in [1.82, 2.24) is 14.8 Å². The van der Waals surface area contributed by atoms with Gasteiger partial charge in [0.2, 0.25) is 0 Å². The highest BCUT2D eigenvalue weighted by Gasteiger charge is 2.21.